The van der Waals surface area contributed by atoms with Gasteiger partial charge in [0.25, 0.3) is 0 Å². The average Bonchev–Trinajstić information content (AvgIpc) is 2.89. The van der Waals surface area contributed by atoms with Gasteiger partial charge in [-0.25, -0.2) is 4.98 Å². The van der Waals surface area contributed by atoms with Crippen LogP contribution in [0.1, 0.15) is 18.9 Å². The molecule has 1 fully saturated rings. The Balaban J connectivity index is 1.68. The Labute approximate surface area is 130 Å². The third-order valence-electron chi connectivity index (χ3n) is 3.98. The van der Waals surface area contributed by atoms with E-state index in [0.717, 1.165) is 30.2 Å². The van der Waals surface area contributed by atoms with Gasteiger partial charge in [-0.15, -0.1) is 0 Å². The molecule has 3 rings (SSSR count). The quantitative estimate of drug-likeness (QED) is 0.920. The number of rotatable bonds is 5. The summed E-state index contributed by atoms with van der Waals surface area (Å²) in [5, 5.41) is 4.43. The van der Waals surface area contributed by atoms with Crippen LogP contribution in [-0.4, -0.2) is 54.6 Å². The zero-order chi connectivity index (χ0) is 14.7. The molecule has 0 radical (unpaired) electrons. The number of benzene rings is 1. The highest BCUT2D eigenvalue weighted by Crippen LogP contribution is 2.27. The fraction of sp³-hybridized carbons (Fsp3) is 0.562. The molecule has 1 aliphatic rings. The van der Waals surface area contributed by atoms with E-state index in [0.29, 0.717) is 0 Å². The molecular formula is C16H24N4S. The molecule has 0 unspecified atom stereocenters. The van der Waals surface area contributed by atoms with Gasteiger partial charge < -0.3 is 10.2 Å². The molecule has 21 heavy (non-hydrogen) atoms. The lowest BCUT2D eigenvalue weighted by molar-refractivity contribution is 0.148. The van der Waals surface area contributed by atoms with E-state index in [1.165, 1.54) is 36.4 Å². The molecular weight excluding hydrogens is 280 g/mol. The van der Waals surface area contributed by atoms with Crippen LogP contribution in [0.3, 0.4) is 0 Å². The first-order valence-corrected chi connectivity index (χ1v) is 8.60. The first-order chi connectivity index (χ1) is 10.2. The maximum Gasteiger partial charge on any atom is 0.183 e. The minimum atomic E-state index is 0.994. The van der Waals surface area contributed by atoms with Gasteiger partial charge in [0.15, 0.2) is 5.13 Å². The maximum atomic E-state index is 4.64. The smallest absolute Gasteiger partial charge is 0.183 e. The van der Waals surface area contributed by atoms with Gasteiger partial charge >= 0.3 is 0 Å². The molecule has 2 aromatic rings. The minimum absolute atomic E-state index is 0.994. The van der Waals surface area contributed by atoms with Crippen LogP contribution in [-0.2, 0) is 6.54 Å². The first kappa shape index (κ1) is 14.8. The van der Waals surface area contributed by atoms with Crippen LogP contribution < -0.4 is 5.32 Å². The van der Waals surface area contributed by atoms with E-state index in [4.69, 9.17) is 0 Å². The van der Waals surface area contributed by atoms with Crippen LogP contribution in [0.2, 0.25) is 0 Å². The summed E-state index contributed by atoms with van der Waals surface area (Å²) in [6.07, 6.45) is 1.13. The molecule has 0 atom stereocenters. The van der Waals surface area contributed by atoms with Crippen molar-refractivity contribution in [2.75, 3.05) is 45.1 Å². The highest BCUT2D eigenvalue weighted by atomic mass is 32.1. The molecule has 1 N–H and O–H groups in total. The van der Waals surface area contributed by atoms with Gasteiger partial charge in [-0.05, 0) is 31.2 Å². The fourth-order valence-corrected chi connectivity index (χ4v) is 3.59. The number of nitrogens with zero attached hydrogens (tertiary/aromatic N) is 3. The van der Waals surface area contributed by atoms with Crippen molar-refractivity contribution < 1.29 is 0 Å². The van der Waals surface area contributed by atoms with E-state index >= 15 is 0 Å². The zero-order valence-electron chi connectivity index (χ0n) is 12.9. The molecule has 114 valence electrons. The van der Waals surface area contributed by atoms with E-state index in [1.807, 2.05) is 0 Å². The number of fused-ring (bicyclic) bond motifs is 1. The molecule has 0 saturated carbocycles. The van der Waals surface area contributed by atoms with Crippen LogP contribution >= 0.6 is 11.3 Å². The molecule has 1 saturated heterocycles. The van der Waals surface area contributed by atoms with Crippen molar-refractivity contribution in [1.29, 1.82) is 0 Å². The predicted molar refractivity (Wildman–Crippen MR) is 91.2 cm³/mol. The van der Waals surface area contributed by atoms with E-state index in [9.17, 15) is 0 Å². The molecule has 1 aromatic heterocycles. The number of thiazole rings is 1. The standard InChI is InChI=1S/C16H24N4S/c1-3-6-17-16-18-14-5-4-13(11-15(14)21-16)12-20-9-7-19(2)8-10-20/h4-5,11H,3,6-10,12H2,1-2H3,(H,17,18). The molecule has 0 amide bonds. The highest BCUT2D eigenvalue weighted by molar-refractivity contribution is 7.22. The molecule has 2 heterocycles. The van der Waals surface area contributed by atoms with Gasteiger partial charge in [0, 0.05) is 39.3 Å². The Kier molecular flexibility index (Phi) is 4.73. The topological polar surface area (TPSA) is 31.4 Å². The molecule has 1 aliphatic heterocycles. The summed E-state index contributed by atoms with van der Waals surface area (Å²) in [6, 6.07) is 6.70. The van der Waals surface area contributed by atoms with Gasteiger partial charge in [-0.1, -0.05) is 24.3 Å². The van der Waals surface area contributed by atoms with Crippen LogP contribution in [0.4, 0.5) is 5.13 Å². The summed E-state index contributed by atoms with van der Waals surface area (Å²) in [7, 11) is 2.20. The van der Waals surface area contributed by atoms with Crippen molar-refractivity contribution in [3.63, 3.8) is 0 Å². The van der Waals surface area contributed by atoms with Crippen molar-refractivity contribution in [1.82, 2.24) is 14.8 Å². The molecule has 1 aromatic carbocycles. The molecule has 4 nitrogen and oxygen atoms in total. The second-order valence-electron chi connectivity index (χ2n) is 5.83. The van der Waals surface area contributed by atoms with Crippen molar-refractivity contribution >= 4 is 26.7 Å². The molecule has 5 heteroatoms. The number of nitrogens with one attached hydrogen (secondary N) is 1. The normalized spacial score (nSPS) is 17.4. The molecule has 0 spiro atoms. The summed E-state index contributed by atoms with van der Waals surface area (Å²) in [6.45, 7) is 8.91. The van der Waals surface area contributed by atoms with Crippen molar-refractivity contribution in [3.8, 4) is 0 Å². The third kappa shape index (κ3) is 3.73. The minimum Gasteiger partial charge on any atom is -0.361 e. The lowest BCUT2D eigenvalue weighted by Gasteiger charge is -2.32. The van der Waals surface area contributed by atoms with Gasteiger partial charge in [0.05, 0.1) is 10.2 Å². The predicted octanol–water partition coefficient (Wildman–Crippen LogP) is 2.87. The summed E-state index contributed by atoms with van der Waals surface area (Å²) in [5.41, 5.74) is 2.51. The summed E-state index contributed by atoms with van der Waals surface area (Å²) in [4.78, 5) is 9.57. The number of anilines is 1. The lowest BCUT2D eigenvalue weighted by Crippen LogP contribution is -2.43. The van der Waals surface area contributed by atoms with Crippen LogP contribution in [0.15, 0.2) is 18.2 Å². The number of likely N-dealkylation sites (N-methyl/N-ethyl adjacent to an activating group) is 1. The summed E-state index contributed by atoms with van der Waals surface area (Å²) in [5.74, 6) is 0. The van der Waals surface area contributed by atoms with E-state index in [2.05, 4.69) is 52.3 Å². The van der Waals surface area contributed by atoms with Gasteiger partial charge in [-0.2, -0.15) is 0 Å². The second kappa shape index (κ2) is 6.73. The lowest BCUT2D eigenvalue weighted by atomic mass is 10.2. The number of hydrogen-bond donors (Lipinski definition) is 1. The summed E-state index contributed by atoms with van der Waals surface area (Å²) >= 11 is 1.76. The summed E-state index contributed by atoms with van der Waals surface area (Å²) < 4.78 is 1.29. The largest absolute Gasteiger partial charge is 0.361 e. The van der Waals surface area contributed by atoms with Crippen molar-refractivity contribution in [2.45, 2.75) is 19.9 Å². The van der Waals surface area contributed by atoms with Crippen LogP contribution in [0.25, 0.3) is 10.2 Å². The number of hydrogen-bond acceptors (Lipinski definition) is 5. The van der Waals surface area contributed by atoms with Crippen LogP contribution in [0.5, 0.6) is 0 Å². The van der Waals surface area contributed by atoms with E-state index in [1.54, 1.807) is 11.3 Å². The number of aromatic nitrogens is 1. The Morgan fingerprint density at radius 3 is 2.81 bits per heavy atom. The fourth-order valence-electron chi connectivity index (χ4n) is 2.64. The molecule has 0 aliphatic carbocycles. The maximum absolute atomic E-state index is 4.64. The Bertz CT molecular complexity index is 587. The zero-order valence-corrected chi connectivity index (χ0v) is 13.7. The van der Waals surface area contributed by atoms with Crippen molar-refractivity contribution in [3.05, 3.63) is 23.8 Å². The Morgan fingerprint density at radius 1 is 1.24 bits per heavy atom. The van der Waals surface area contributed by atoms with Crippen molar-refractivity contribution in [2.24, 2.45) is 0 Å². The van der Waals surface area contributed by atoms with Gasteiger partial charge in [-0.3, -0.25) is 4.90 Å². The Morgan fingerprint density at radius 2 is 2.05 bits per heavy atom. The first-order valence-electron chi connectivity index (χ1n) is 7.79. The molecule has 0 bridgehead atoms. The SMILES string of the molecule is CCCNc1nc2ccc(CN3CCN(C)CC3)cc2s1. The average molecular weight is 304 g/mol. The van der Waals surface area contributed by atoms with Gasteiger partial charge in [0.1, 0.15) is 0 Å². The highest BCUT2D eigenvalue weighted by Gasteiger charge is 2.14. The number of piperazine rings is 1. The van der Waals surface area contributed by atoms with Gasteiger partial charge in [0.2, 0.25) is 0 Å². The van der Waals surface area contributed by atoms with E-state index < -0.39 is 0 Å². The monoisotopic (exact) mass is 304 g/mol. The second-order valence-corrected chi connectivity index (χ2v) is 6.86. The van der Waals surface area contributed by atoms with Crippen LogP contribution in [0, 0.1) is 0 Å². The van der Waals surface area contributed by atoms with E-state index in [-0.39, 0.29) is 0 Å². The third-order valence-corrected chi connectivity index (χ3v) is 4.96. The Hall–Kier alpha value is -1.17.